The first kappa shape index (κ1) is 20.9. The van der Waals surface area contributed by atoms with E-state index in [1.54, 1.807) is 18.4 Å². The van der Waals surface area contributed by atoms with E-state index in [1.807, 2.05) is 12.1 Å². The van der Waals surface area contributed by atoms with Gasteiger partial charge < -0.3 is 9.64 Å². The van der Waals surface area contributed by atoms with Crippen molar-refractivity contribution in [2.45, 2.75) is 32.2 Å². The summed E-state index contributed by atoms with van der Waals surface area (Å²) in [5.41, 5.74) is 5.42. The lowest BCUT2D eigenvalue weighted by Crippen LogP contribution is -2.46. The third-order valence-electron chi connectivity index (χ3n) is 6.35. The third-order valence-corrected chi connectivity index (χ3v) is 7.29. The van der Waals surface area contributed by atoms with Crippen molar-refractivity contribution >= 4 is 17.2 Å². The number of hydrogen-bond donors (Lipinski definition) is 0. The van der Waals surface area contributed by atoms with Gasteiger partial charge in [0.25, 0.3) is 0 Å². The number of anilines is 1. The second-order valence-corrected chi connectivity index (χ2v) is 9.28. The first-order valence-electron chi connectivity index (χ1n) is 11.2. The summed E-state index contributed by atoms with van der Waals surface area (Å²) in [6, 6.07) is 12.5. The molecule has 2 aliphatic rings. The normalized spacial score (nSPS) is 16.4. The second-order valence-electron chi connectivity index (χ2n) is 8.42. The predicted octanol–water partition coefficient (Wildman–Crippen LogP) is 4.29. The Morgan fingerprint density at radius 1 is 1.06 bits per heavy atom. The molecular formula is C25H27N5OS. The lowest BCUT2D eigenvalue weighted by atomic mass is 9.95. The van der Waals surface area contributed by atoms with Crippen LogP contribution < -0.4 is 9.64 Å². The van der Waals surface area contributed by atoms with Crippen molar-refractivity contribution in [2.75, 3.05) is 38.2 Å². The summed E-state index contributed by atoms with van der Waals surface area (Å²) in [6.45, 7) is 4.51. The lowest BCUT2D eigenvalue weighted by Gasteiger charge is -2.36. The highest BCUT2D eigenvalue weighted by atomic mass is 32.1. The van der Waals surface area contributed by atoms with Crippen LogP contribution in [0.4, 0.5) is 5.82 Å². The van der Waals surface area contributed by atoms with Crippen molar-refractivity contribution < 1.29 is 4.74 Å². The van der Waals surface area contributed by atoms with Crippen LogP contribution in [0.15, 0.2) is 35.7 Å². The van der Waals surface area contributed by atoms with Crippen LogP contribution in [0.5, 0.6) is 5.75 Å². The highest BCUT2D eigenvalue weighted by molar-refractivity contribution is 7.13. The van der Waals surface area contributed by atoms with Gasteiger partial charge in [-0.15, -0.1) is 11.3 Å². The van der Waals surface area contributed by atoms with Gasteiger partial charge in [0.15, 0.2) is 0 Å². The molecule has 1 saturated heterocycles. The van der Waals surface area contributed by atoms with Crippen molar-refractivity contribution in [1.82, 2.24) is 14.9 Å². The topological polar surface area (TPSA) is 65.3 Å². The molecular weight excluding hydrogens is 418 g/mol. The van der Waals surface area contributed by atoms with Crippen molar-refractivity contribution in [2.24, 2.45) is 0 Å². The number of benzene rings is 1. The molecule has 32 heavy (non-hydrogen) atoms. The van der Waals surface area contributed by atoms with Gasteiger partial charge in [0, 0.05) is 49.4 Å². The molecule has 1 fully saturated rings. The quantitative estimate of drug-likeness (QED) is 0.584. The first-order valence-corrected chi connectivity index (χ1v) is 12.1. The summed E-state index contributed by atoms with van der Waals surface area (Å²) < 4.78 is 5.24. The van der Waals surface area contributed by atoms with Gasteiger partial charge in [-0.2, -0.15) is 5.26 Å². The van der Waals surface area contributed by atoms with Crippen LogP contribution in [0.3, 0.4) is 0 Å². The summed E-state index contributed by atoms with van der Waals surface area (Å²) in [4.78, 5) is 14.5. The zero-order valence-corrected chi connectivity index (χ0v) is 19.2. The molecule has 1 aliphatic carbocycles. The van der Waals surface area contributed by atoms with E-state index in [9.17, 15) is 5.26 Å². The number of aromatic nitrogens is 2. The molecule has 5 rings (SSSR count). The lowest BCUT2D eigenvalue weighted by molar-refractivity contribution is 0.247. The maximum absolute atomic E-state index is 9.68. The van der Waals surface area contributed by atoms with Gasteiger partial charge >= 0.3 is 0 Å². The number of ether oxygens (including phenoxy) is 1. The van der Waals surface area contributed by atoms with Gasteiger partial charge in [-0.1, -0.05) is 0 Å². The molecule has 6 nitrogen and oxygen atoms in total. The largest absolute Gasteiger partial charge is 0.497 e. The van der Waals surface area contributed by atoms with Gasteiger partial charge in [0.1, 0.15) is 22.6 Å². The van der Waals surface area contributed by atoms with E-state index in [0.717, 1.165) is 79.0 Å². The molecule has 0 bridgehead atoms. The zero-order chi connectivity index (χ0) is 21.9. The number of hydrogen-bond acceptors (Lipinski definition) is 7. The Kier molecular flexibility index (Phi) is 6.06. The van der Waals surface area contributed by atoms with E-state index in [1.165, 1.54) is 24.1 Å². The molecule has 0 saturated carbocycles. The van der Waals surface area contributed by atoms with Crippen LogP contribution in [0.2, 0.25) is 0 Å². The smallest absolute Gasteiger partial charge is 0.146 e. The first-order chi connectivity index (χ1) is 15.7. The highest BCUT2D eigenvalue weighted by Crippen LogP contribution is 2.28. The van der Waals surface area contributed by atoms with E-state index < -0.39 is 0 Å². The predicted molar refractivity (Wildman–Crippen MR) is 127 cm³/mol. The Bertz CT molecular complexity index is 1130. The SMILES string of the molecule is COc1ccc(-c2nc(CN3CCN(c4nc5c(cc4C#N)CCCC5)CC3)cs2)cc1. The van der Waals surface area contributed by atoms with Gasteiger partial charge in [-0.25, -0.2) is 9.97 Å². The number of nitrogens with zero attached hydrogens (tertiary/aromatic N) is 5. The monoisotopic (exact) mass is 445 g/mol. The van der Waals surface area contributed by atoms with Crippen LogP contribution in [0.1, 0.15) is 35.4 Å². The molecule has 0 N–H and O–H groups in total. The number of methoxy groups -OCH3 is 1. The van der Waals surface area contributed by atoms with E-state index in [4.69, 9.17) is 14.7 Å². The minimum Gasteiger partial charge on any atom is -0.497 e. The summed E-state index contributed by atoms with van der Waals surface area (Å²) in [7, 11) is 1.68. The van der Waals surface area contributed by atoms with Crippen molar-refractivity contribution in [3.63, 3.8) is 0 Å². The third kappa shape index (κ3) is 4.34. The zero-order valence-electron chi connectivity index (χ0n) is 18.4. The van der Waals surface area contributed by atoms with Gasteiger partial charge in [0.2, 0.25) is 0 Å². The molecule has 0 amide bonds. The number of pyridine rings is 1. The fourth-order valence-corrected chi connectivity index (χ4v) is 5.36. The summed E-state index contributed by atoms with van der Waals surface area (Å²) in [5.74, 6) is 1.74. The molecule has 1 aliphatic heterocycles. The van der Waals surface area contributed by atoms with Crippen LogP contribution >= 0.6 is 11.3 Å². The van der Waals surface area contributed by atoms with Crippen molar-refractivity contribution in [1.29, 1.82) is 5.26 Å². The fraction of sp³-hybridized carbons (Fsp3) is 0.400. The Morgan fingerprint density at radius 2 is 1.84 bits per heavy atom. The van der Waals surface area contributed by atoms with E-state index in [-0.39, 0.29) is 0 Å². The molecule has 3 aromatic rings. The number of piperazine rings is 1. The van der Waals surface area contributed by atoms with Crippen LogP contribution in [0, 0.1) is 11.3 Å². The van der Waals surface area contributed by atoms with Crippen LogP contribution in [-0.4, -0.2) is 48.2 Å². The summed E-state index contributed by atoms with van der Waals surface area (Å²) in [5, 5.41) is 12.9. The number of nitriles is 1. The number of thiazole rings is 1. The van der Waals surface area contributed by atoms with E-state index in [0.29, 0.717) is 0 Å². The Balaban J connectivity index is 1.22. The number of aryl methyl sites for hydroxylation is 2. The summed E-state index contributed by atoms with van der Waals surface area (Å²) in [6.07, 6.45) is 4.49. The molecule has 2 aromatic heterocycles. The molecule has 0 atom stereocenters. The molecule has 164 valence electrons. The summed E-state index contributed by atoms with van der Waals surface area (Å²) >= 11 is 1.69. The molecule has 1 aromatic carbocycles. The van der Waals surface area contributed by atoms with Gasteiger partial charge in [-0.3, -0.25) is 4.90 Å². The maximum atomic E-state index is 9.68. The molecule has 0 unspecified atom stereocenters. The molecule has 0 radical (unpaired) electrons. The molecule has 3 heterocycles. The number of fused-ring (bicyclic) bond motifs is 1. The highest BCUT2D eigenvalue weighted by Gasteiger charge is 2.23. The Morgan fingerprint density at radius 3 is 2.59 bits per heavy atom. The van der Waals surface area contributed by atoms with Crippen molar-refractivity contribution in [3.8, 4) is 22.4 Å². The van der Waals surface area contributed by atoms with Gasteiger partial charge in [-0.05, 0) is 61.6 Å². The van der Waals surface area contributed by atoms with Gasteiger partial charge in [0.05, 0.1) is 18.4 Å². The second kappa shape index (κ2) is 9.27. The molecule has 0 spiro atoms. The minimum atomic E-state index is 0.725. The average Bonchev–Trinajstić information content (AvgIpc) is 3.32. The fourth-order valence-electron chi connectivity index (χ4n) is 4.54. The average molecular weight is 446 g/mol. The van der Waals surface area contributed by atoms with Crippen molar-refractivity contribution in [3.05, 3.63) is 58.2 Å². The number of rotatable bonds is 5. The van der Waals surface area contributed by atoms with E-state index in [2.05, 4.69) is 39.4 Å². The standard InChI is InChI=1S/C25H27N5OS/c1-31-22-8-6-18(7-9-22)25-27-21(17-32-25)16-29-10-12-30(13-11-29)24-20(15-26)14-19-4-2-3-5-23(19)28-24/h6-9,14,17H,2-5,10-13,16H2,1H3. The minimum absolute atomic E-state index is 0.725. The van der Waals surface area contributed by atoms with Crippen LogP contribution in [-0.2, 0) is 19.4 Å². The van der Waals surface area contributed by atoms with E-state index >= 15 is 0 Å². The Hall–Kier alpha value is -2.95. The molecule has 7 heteroatoms. The Labute approximate surface area is 193 Å². The van der Waals surface area contributed by atoms with Crippen LogP contribution in [0.25, 0.3) is 10.6 Å². The maximum Gasteiger partial charge on any atom is 0.146 e.